The van der Waals surface area contributed by atoms with Crippen molar-refractivity contribution in [3.8, 4) is 0 Å². The Morgan fingerprint density at radius 3 is 2.38 bits per heavy atom. The van der Waals surface area contributed by atoms with Gasteiger partial charge in [0, 0.05) is 25.4 Å². The molecular formula is C8H17NO4. The fraction of sp³-hybridized carbons (Fsp3) is 1.00. The lowest BCUT2D eigenvalue weighted by atomic mass is 9.94. The van der Waals surface area contributed by atoms with Gasteiger partial charge in [0.1, 0.15) is 6.10 Å². The Labute approximate surface area is 77.5 Å². The maximum atomic E-state index is 10.5. The number of rotatable bonds is 6. The minimum atomic E-state index is -1.30. The first-order valence-corrected chi connectivity index (χ1v) is 4.36. The summed E-state index contributed by atoms with van der Waals surface area (Å²) in [4.78, 5) is 10.0. The Hall–Kier alpha value is -0.680. The van der Waals surface area contributed by atoms with E-state index in [1.165, 1.54) is 13.8 Å². The molecular weight excluding hydrogens is 174 g/mol. The molecule has 5 nitrogen and oxygen atoms in total. The van der Waals surface area contributed by atoms with Crippen LogP contribution in [0.2, 0.25) is 0 Å². The van der Waals surface area contributed by atoms with Gasteiger partial charge in [-0.3, -0.25) is 10.1 Å². The Kier molecular flexibility index (Phi) is 4.87. The molecule has 0 aromatic heterocycles. The summed E-state index contributed by atoms with van der Waals surface area (Å²) in [7, 11) is 0. The van der Waals surface area contributed by atoms with Gasteiger partial charge < -0.3 is 10.2 Å². The third-order valence-corrected chi connectivity index (χ3v) is 2.17. The predicted molar refractivity (Wildman–Crippen MR) is 48.0 cm³/mol. The fourth-order valence-electron chi connectivity index (χ4n) is 0.924. The second kappa shape index (κ2) is 5.14. The van der Waals surface area contributed by atoms with E-state index in [4.69, 9.17) is 5.11 Å². The van der Waals surface area contributed by atoms with Gasteiger partial charge in [0.2, 0.25) is 5.54 Å². The van der Waals surface area contributed by atoms with Crippen LogP contribution in [0.5, 0.6) is 0 Å². The van der Waals surface area contributed by atoms with Crippen LogP contribution in [0.3, 0.4) is 0 Å². The van der Waals surface area contributed by atoms with Crippen molar-refractivity contribution in [2.75, 3.05) is 6.61 Å². The molecule has 0 aliphatic heterocycles. The predicted octanol–water partition coefficient (Wildman–Crippen LogP) is 0.565. The zero-order valence-electron chi connectivity index (χ0n) is 8.06. The van der Waals surface area contributed by atoms with E-state index in [9.17, 15) is 15.2 Å². The molecule has 13 heavy (non-hydrogen) atoms. The molecule has 1 unspecified atom stereocenters. The quantitative estimate of drug-likeness (QED) is 0.365. The number of aliphatic hydroxyl groups excluding tert-OH is 2. The lowest BCUT2D eigenvalue weighted by molar-refractivity contribution is -0.573. The van der Waals surface area contributed by atoms with E-state index in [0.29, 0.717) is 19.3 Å². The number of nitrogens with zero attached hydrogens (tertiary/aromatic N) is 1. The van der Waals surface area contributed by atoms with Crippen LogP contribution in [0.4, 0.5) is 0 Å². The average Bonchev–Trinajstić information content (AvgIpc) is 2.04. The number of aliphatic hydroxyl groups is 2. The van der Waals surface area contributed by atoms with Gasteiger partial charge in [-0.1, -0.05) is 0 Å². The van der Waals surface area contributed by atoms with Crippen LogP contribution < -0.4 is 0 Å². The summed E-state index contributed by atoms with van der Waals surface area (Å²) >= 11 is 0. The van der Waals surface area contributed by atoms with Crippen LogP contribution in [0.25, 0.3) is 0 Å². The van der Waals surface area contributed by atoms with Gasteiger partial charge in [0.05, 0.1) is 0 Å². The van der Waals surface area contributed by atoms with Crippen LogP contribution >= 0.6 is 0 Å². The van der Waals surface area contributed by atoms with Gasteiger partial charge in [-0.25, -0.2) is 0 Å². The highest BCUT2D eigenvalue weighted by atomic mass is 16.6. The van der Waals surface area contributed by atoms with E-state index >= 15 is 0 Å². The van der Waals surface area contributed by atoms with Crippen LogP contribution in [0, 0.1) is 10.1 Å². The molecule has 0 amide bonds. The zero-order chi connectivity index (χ0) is 10.5. The molecule has 0 rings (SSSR count). The maximum absolute atomic E-state index is 10.5. The van der Waals surface area contributed by atoms with Crippen molar-refractivity contribution in [2.24, 2.45) is 0 Å². The summed E-state index contributed by atoms with van der Waals surface area (Å²) in [6, 6.07) is 0. The van der Waals surface area contributed by atoms with Crippen LogP contribution in [-0.4, -0.2) is 33.4 Å². The zero-order valence-corrected chi connectivity index (χ0v) is 8.06. The first kappa shape index (κ1) is 12.3. The second-order valence-electron chi connectivity index (χ2n) is 3.65. The molecule has 0 aliphatic rings. The second-order valence-corrected chi connectivity index (χ2v) is 3.65. The fourth-order valence-corrected chi connectivity index (χ4v) is 0.924. The van der Waals surface area contributed by atoms with E-state index in [1.807, 2.05) is 0 Å². The van der Waals surface area contributed by atoms with Gasteiger partial charge in [0.25, 0.3) is 0 Å². The normalized spacial score (nSPS) is 14.2. The third kappa shape index (κ3) is 3.69. The minimum absolute atomic E-state index is 0.0611. The Balaban J connectivity index is 3.94. The smallest absolute Gasteiger partial charge is 0.242 e. The topological polar surface area (TPSA) is 83.6 Å². The molecule has 5 heteroatoms. The van der Waals surface area contributed by atoms with Gasteiger partial charge >= 0.3 is 0 Å². The number of hydrogen-bond donors (Lipinski definition) is 2. The lowest BCUT2D eigenvalue weighted by Crippen LogP contribution is -2.43. The van der Waals surface area contributed by atoms with Gasteiger partial charge in [-0.15, -0.1) is 0 Å². The Morgan fingerprint density at radius 1 is 1.46 bits per heavy atom. The van der Waals surface area contributed by atoms with E-state index in [-0.39, 0.29) is 6.61 Å². The summed E-state index contributed by atoms with van der Waals surface area (Å²) in [5.41, 5.74) is -1.30. The number of nitro groups is 1. The van der Waals surface area contributed by atoms with Gasteiger partial charge in [-0.2, -0.15) is 0 Å². The third-order valence-electron chi connectivity index (χ3n) is 2.17. The number of unbranched alkanes of at least 4 members (excludes halogenated alkanes) is 1. The molecule has 2 N–H and O–H groups in total. The van der Waals surface area contributed by atoms with Crippen molar-refractivity contribution in [2.45, 2.75) is 44.8 Å². The first-order chi connectivity index (χ1) is 5.92. The van der Waals surface area contributed by atoms with Crippen LogP contribution in [0.15, 0.2) is 0 Å². The molecule has 1 atom stereocenters. The maximum Gasteiger partial charge on any atom is 0.242 e. The standard InChI is InChI=1S/C8H17NO4/c1-8(2,9(12)13)7(11)5-3-4-6-10/h7,10-11H,3-6H2,1-2H3. The van der Waals surface area contributed by atoms with Crippen molar-refractivity contribution in [3.05, 3.63) is 10.1 Å². The van der Waals surface area contributed by atoms with Crippen molar-refractivity contribution in [1.29, 1.82) is 0 Å². The summed E-state index contributed by atoms with van der Waals surface area (Å²) in [5.74, 6) is 0. The molecule has 0 bridgehead atoms. The molecule has 0 saturated heterocycles. The molecule has 0 aromatic carbocycles. The molecule has 0 spiro atoms. The Bertz CT molecular complexity index is 170. The van der Waals surface area contributed by atoms with Gasteiger partial charge in [-0.05, 0) is 19.3 Å². The highest BCUT2D eigenvalue weighted by Crippen LogP contribution is 2.18. The molecule has 0 radical (unpaired) electrons. The minimum Gasteiger partial charge on any atom is -0.396 e. The summed E-state index contributed by atoms with van der Waals surface area (Å²) < 4.78 is 0. The summed E-state index contributed by atoms with van der Waals surface area (Å²) in [6.07, 6.45) is 0.586. The average molecular weight is 191 g/mol. The van der Waals surface area contributed by atoms with Crippen LogP contribution in [-0.2, 0) is 0 Å². The summed E-state index contributed by atoms with van der Waals surface area (Å²) in [6.45, 7) is 2.86. The van der Waals surface area contributed by atoms with E-state index < -0.39 is 16.6 Å². The van der Waals surface area contributed by atoms with E-state index in [0.717, 1.165) is 0 Å². The van der Waals surface area contributed by atoms with Crippen molar-refractivity contribution < 1.29 is 15.1 Å². The molecule has 0 saturated carbocycles. The highest BCUT2D eigenvalue weighted by molar-refractivity contribution is 4.77. The van der Waals surface area contributed by atoms with Crippen molar-refractivity contribution in [3.63, 3.8) is 0 Å². The monoisotopic (exact) mass is 191 g/mol. The SMILES string of the molecule is CC(C)(C(O)CCCCO)[N+](=O)[O-]. The van der Waals surface area contributed by atoms with Crippen molar-refractivity contribution >= 4 is 0 Å². The molecule has 78 valence electrons. The van der Waals surface area contributed by atoms with Gasteiger partial charge in [0.15, 0.2) is 0 Å². The van der Waals surface area contributed by atoms with E-state index in [1.54, 1.807) is 0 Å². The Morgan fingerprint density at radius 2 is 2.00 bits per heavy atom. The van der Waals surface area contributed by atoms with E-state index in [2.05, 4.69) is 0 Å². The number of hydrogen-bond acceptors (Lipinski definition) is 4. The van der Waals surface area contributed by atoms with Crippen molar-refractivity contribution in [1.82, 2.24) is 0 Å². The molecule has 0 fully saturated rings. The molecule has 0 aromatic rings. The summed E-state index contributed by atoms with van der Waals surface area (Å²) in [5, 5.41) is 28.4. The lowest BCUT2D eigenvalue weighted by Gasteiger charge is -2.21. The highest BCUT2D eigenvalue weighted by Gasteiger charge is 2.38. The molecule has 0 heterocycles. The largest absolute Gasteiger partial charge is 0.396 e. The molecule has 0 aliphatic carbocycles. The first-order valence-electron chi connectivity index (χ1n) is 4.36. The van der Waals surface area contributed by atoms with Crippen LogP contribution in [0.1, 0.15) is 33.1 Å².